The van der Waals surface area contributed by atoms with E-state index in [-0.39, 0.29) is 11.4 Å². The van der Waals surface area contributed by atoms with Gasteiger partial charge in [0.15, 0.2) is 0 Å². The highest BCUT2D eigenvalue weighted by Gasteiger charge is 2.23. The van der Waals surface area contributed by atoms with E-state index in [1.807, 2.05) is 4.72 Å². The first-order chi connectivity index (χ1) is 10.7. The van der Waals surface area contributed by atoms with Gasteiger partial charge in [-0.2, -0.15) is 0 Å². The summed E-state index contributed by atoms with van der Waals surface area (Å²) in [5, 5.41) is 10.7. The normalized spacial score (nSPS) is 11.1. The quantitative estimate of drug-likeness (QED) is 0.664. The third-order valence-corrected chi connectivity index (χ3v) is 4.23. The number of sulfonamides is 1. The monoisotopic (exact) mass is 344 g/mol. The van der Waals surface area contributed by atoms with E-state index in [0.717, 1.165) is 37.4 Å². The van der Waals surface area contributed by atoms with Gasteiger partial charge in [0.25, 0.3) is 15.7 Å². The largest absolute Gasteiger partial charge is 0.495 e. The molecule has 0 amide bonds. The number of rotatable bonds is 5. The number of ether oxygens (including phenoxy) is 1. The van der Waals surface area contributed by atoms with E-state index in [4.69, 9.17) is 4.74 Å². The third-order valence-electron chi connectivity index (χ3n) is 2.82. The SMILES string of the molecule is COc1cc([N+](=O)[O-])ccc1S(=O)(=O)Nc1ccc(F)cc1F. The Bertz CT molecular complexity index is 871. The maximum atomic E-state index is 13.6. The molecule has 0 aromatic heterocycles. The van der Waals surface area contributed by atoms with Crippen LogP contribution in [0.25, 0.3) is 0 Å². The van der Waals surface area contributed by atoms with Gasteiger partial charge >= 0.3 is 0 Å². The van der Waals surface area contributed by atoms with E-state index < -0.39 is 37.2 Å². The van der Waals surface area contributed by atoms with Gasteiger partial charge < -0.3 is 4.74 Å². The van der Waals surface area contributed by atoms with Crippen LogP contribution in [0.3, 0.4) is 0 Å². The lowest BCUT2D eigenvalue weighted by Gasteiger charge is -2.12. The lowest BCUT2D eigenvalue weighted by Crippen LogP contribution is -2.15. The second kappa shape index (κ2) is 6.16. The maximum absolute atomic E-state index is 13.6. The van der Waals surface area contributed by atoms with E-state index in [2.05, 4.69) is 0 Å². The molecule has 0 saturated carbocycles. The number of nitrogens with zero attached hydrogens (tertiary/aromatic N) is 1. The number of methoxy groups -OCH3 is 1. The Morgan fingerprint density at radius 1 is 1.17 bits per heavy atom. The number of benzene rings is 2. The van der Waals surface area contributed by atoms with E-state index >= 15 is 0 Å². The molecule has 0 unspecified atom stereocenters. The first kappa shape index (κ1) is 16.6. The summed E-state index contributed by atoms with van der Waals surface area (Å²) in [4.78, 5) is 9.56. The summed E-state index contributed by atoms with van der Waals surface area (Å²) < 4.78 is 57.7. The van der Waals surface area contributed by atoms with Gasteiger partial charge in [0.2, 0.25) is 0 Å². The number of hydrogen-bond donors (Lipinski definition) is 1. The Kier molecular flexibility index (Phi) is 4.45. The number of halogens is 2. The number of nitrogens with one attached hydrogen (secondary N) is 1. The zero-order valence-corrected chi connectivity index (χ0v) is 12.4. The van der Waals surface area contributed by atoms with Crippen molar-refractivity contribution in [2.45, 2.75) is 4.90 Å². The second-order valence-corrected chi connectivity index (χ2v) is 5.97. The van der Waals surface area contributed by atoms with Crippen molar-refractivity contribution >= 4 is 21.4 Å². The molecule has 0 aliphatic heterocycles. The van der Waals surface area contributed by atoms with E-state index in [9.17, 15) is 27.3 Å². The first-order valence-electron chi connectivity index (χ1n) is 6.05. The van der Waals surface area contributed by atoms with Crippen molar-refractivity contribution in [2.24, 2.45) is 0 Å². The molecule has 2 aromatic rings. The van der Waals surface area contributed by atoms with E-state index in [1.54, 1.807) is 0 Å². The van der Waals surface area contributed by atoms with Gasteiger partial charge in [-0.1, -0.05) is 0 Å². The topological polar surface area (TPSA) is 98.5 Å². The van der Waals surface area contributed by atoms with Crippen LogP contribution < -0.4 is 9.46 Å². The molecular weight excluding hydrogens is 334 g/mol. The van der Waals surface area contributed by atoms with Gasteiger partial charge in [-0.05, 0) is 18.2 Å². The standard InChI is InChI=1S/C13H10F2N2O5S/c1-22-12-7-9(17(18)19)3-5-13(12)23(20,21)16-11-4-2-8(14)6-10(11)15/h2-7,16H,1H3. The van der Waals surface area contributed by atoms with Crippen molar-refractivity contribution in [3.05, 3.63) is 58.1 Å². The molecule has 0 atom stereocenters. The second-order valence-electron chi connectivity index (χ2n) is 4.32. The minimum atomic E-state index is -4.29. The highest BCUT2D eigenvalue weighted by molar-refractivity contribution is 7.92. The minimum Gasteiger partial charge on any atom is -0.495 e. The number of non-ortho nitro benzene ring substituents is 1. The average Bonchev–Trinajstić information content (AvgIpc) is 2.49. The lowest BCUT2D eigenvalue weighted by atomic mass is 10.3. The minimum absolute atomic E-state index is 0.283. The van der Waals surface area contributed by atoms with Crippen molar-refractivity contribution in [3.63, 3.8) is 0 Å². The molecular formula is C13H10F2N2O5S. The Labute approximate surface area is 129 Å². The molecule has 0 bridgehead atoms. The van der Waals surface area contributed by atoms with E-state index in [0.29, 0.717) is 6.07 Å². The Morgan fingerprint density at radius 2 is 1.87 bits per heavy atom. The molecule has 122 valence electrons. The molecule has 0 spiro atoms. The third kappa shape index (κ3) is 3.54. The van der Waals surface area contributed by atoms with Crippen LogP contribution in [0.2, 0.25) is 0 Å². The average molecular weight is 344 g/mol. The summed E-state index contributed by atoms with van der Waals surface area (Å²) in [6, 6.07) is 5.17. The number of nitro benzene ring substituents is 1. The zero-order chi connectivity index (χ0) is 17.2. The molecule has 0 heterocycles. The van der Waals surface area contributed by atoms with Gasteiger partial charge in [0, 0.05) is 12.1 Å². The zero-order valence-electron chi connectivity index (χ0n) is 11.6. The fraction of sp³-hybridized carbons (Fsp3) is 0.0769. The Morgan fingerprint density at radius 3 is 2.43 bits per heavy atom. The van der Waals surface area contributed by atoms with Crippen LogP contribution in [-0.2, 0) is 10.0 Å². The highest BCUT2D eigenvalue weighted by Crippen LogP contribution is 2.30. The predicted octanol–water partition coefficient (Wildman–Crippen LogP) is 2.68. The Hall–Kier alpha value is -2.75. The molecule has 10 heteroatoms. The van der Waals surface area contributed by atoms with Gasteiger partial charge in [-0.15, -0.1) is 0 Å². The van der Waals surface area contributed by atoms with Gasteiger partial charge in [-0.3, -0.25) is 14.8 Å². The number of nitro groups is 1. The van der Waals surface area contributed by atoms with Crippen molar-refractivity contribution in [3.8, 4) is 5.75 Å². The fourth-order valence-corrected chi connectivity index (χ4v) is 2.98. The van der Waals surface area contributed by atoms with E-state index in [1.165, 1.54) is 0 Å². The van der Waals surface area contributed by atoms with Gasteiger partial charge in [0.1, 0.15) is 22.3 Å². The number of anilines is 1. The molecule has 23 heavy (non-hydrogen) atoms. The van der Waals surface area contributed by atoms with Crippen LogP contribution >= 0.6 is 0 Å². The fourth-order valence-electron chi connectivity index (χ4n) is 1.76. The smallest absolute Gasteiger partial charge is 0.273 e. The summed E-state index contributed by atoms with van der Waals surface area (Å²) in [5.41, 5.74) is -0.833. The van der Waals surface area contributed by atoms with Crippen LogP contribution in [-0.4, -0.2) is 20.5 Å². The molecule has 0 aliphatic carbocycles. The van der Waals surface area contributed by atoms with Crippen LogP contribution in [0.5, 0.6) is 5.75 Å². The summed E-state index contributed by atoms with van der Waals surface area (Å²) >= 11 is 0. The summed E-state index contributed by atoms with van der Waals surface area (Å²) in [7, 11) is -3.16. The maximum Gasteiger partial charge on any atom is 0.273 e. The summed E-state index contributed by atoms with van der Waals surface area (Å²) in [6.07, 6.45) is 0. The number of hydrogen-bond acceptors (Lipinski definition) is 5. The first-order valence-corrected chi connectivity index (χ1v) is 7.53. The molecule has 0 saturated heterocycles. The molecule has 0 fully saturated rings. The molecule has 2 rings (SSSR count). The highest BCUT2D eigenvalue weighted by atomic mass is 32.2. The molecule has 1 N–H and O–H groups in total. The van der Waals surface area contributed by atoms with Crippen molar-refractivity contribution in [1.29, 1.82) is 0 Å². The van der Waals surface area contributed by atoms with Crippen molar-refractivity contribution < 1.29 is 26.9 Å². The van der Waals surface area contributed by atoms with Gasteiger partial charge in [0.05, 0.1) is 23.8 Å². The molecule has 7 nitrogen and oxygen atoms in total. The van der Waals surface area contributed by atoms with Crippen LogP contribution in [0.1, 0.15) is 0 Å². The molecule has 0 radical (unpaired) electrons. The summed E-state index contributed by atoms with van der Waals surface area (Å²) in [5.74, 6) is -2.25. The van der Waals surface area contributed by atoms with Crippen molar-refractivity contribution in [1.82, 2.24) is 0 Å². The molecule has 0 aliphatic rings. The van der Waals surface area contributed by atoms with Crippen molar-refractivity contribution in [2.75, 3.05) is 11.8 Å². The van der Waals surface area contributed by atoms with Crippen LogP contribution in [0, 0.1) is 21.7 Å². The van der Waals surface area contributed by atoms with Crippen LogP contribution in [0.4, 0.5) is 20.2 Å². The Balaban J connectivity index is 2.45. The van der Waals surface area contributed by atoms with Crippen LogP contribution in [0.15, 0.2) is 41.3 Å². The lowest BCUT2D eigenvalue weighted by molar-refractivity contribution is -0.385. The summed E-state index contributed by atoms with van der Waals surface area (Å²) in [6.45, 7) is 0. The van der Waals surface area contributed by atoms with Gasteiger partial charge in [-0.25, -0.2) is 17.2 Å². The predicted molar refractivity (Wildman–Crippen MR) is 76.8 cm³/mol. The molecule has 2 aromatic carbocycles.